The number of amides is 1. The molecule has 0 saturated carbocycles. The molecule has 9 heteroatoms. The van der Waals surface area contributed by atoms with Crippen molar-refractivity contribution < 1.29 is 9.32 Å². The highest BCUT2D eigenvalue weighted by molar-refractivity contribution is 5.89. The highest BCUT2D eigenvalue weighted by Gasteiger charge is 2.14. The average molecular weight is 375 g/mol. The summed E-state index contributed by atoms with van der Waals surface area (Å²) in [4.78, 5) is 24.8. The van der Waals surface area contributed by atoms with Crippen LogP contribution in [-0.2, 0) is 11.3 Å². The molecule has 28 heavy (non-hydrogen) atoms. The minimum Gasteiger partial charge on any atom is -0.361 e. The highest BCUT2D eigenvalue weighted by atomic mass is 16.5. The lowest BCUT2D eigenvalue weighted by molar-refractivity contribution is -0.116. The van der Waals surface area contributed by atoms with Crippen LogP contribution in [0.4, 0.5) is 5.82 Å². The zero-order valence-corrected chi connectivity index (χ0v) is 15.3. The van der Waals surface area contributed by atoms with Crippen molar-refractivity contribution in [2.24, 2.45) is 0 Å². The number of carbonyl (C=O) groups is 1. The minimum atomic E-state index is -0.229. The van der Waals surface area contributed by atoms with Gasteiger partial charge in [-0.05, 0) is 26.0 Å². The molecular formula is C19H17N7O2. The lowest BCUT2D eigenvalue weighted by atomic mass is 10.1. The van der Waals surface area contributed by atoms with Gasteiger partial charge in [0, 0.05) is 35.9 Å². The van der Waals surface area contributed by atoms with E-state index in [1.807, 2.05) is 19.9 Å². The first-order chi connectivity index (χ1) is 13.6. The van der Waals surface area contributed by atoms with Crippen LogP contribution in [-0.4, -0.2) is 35.8 Å². The summed E-state index contributed by atoms with van der Waals surface area (Å²) in [5.74, 6) is 0.942. The van der Waals surface area contributed by atoms with E-state index in [1.165, 1.54) is 0 Å². The molecule has 0 aliphatic heterocycles. The van der Waals surface area contributed by atoms with Crippen LogP contribution in [0.1, 0.15) is 11.5 Å². The predicted octanol–water partition coefficient (Wildman–Crippen LogP) is 2.65. The van der Waals surface area contributed by atoms with Crippen LogP contribution < -0.4 is 5.32 Å². The first-order valence-corrected chi connectivity index (χ1v) is 8.58. The summed E-state index contributed by atoms with van der Waals surface area (Å²) in [5.41, 5.74) is 4.08. The van der Waals surface area contributed by atoms with Gasteiger partial charge in [0.2, 0.25) is 5.91 Å². The molecule has 4 rings (SSSR count). The zero-order chi connectivity index (χ0) is 19.5. The van der Waals surface area contributed by atoms with Crippen LogP contribution in [0.3, 0.4) is 0 Å². The van der Waals surface area contributed by atoms with E-state index in [4.69, 9.17) is 4.52 Å². The second kappa shape index (κ2) is 7.39. The van der Waals surface area contributed by atoms with Crippen LogP contribution in [0, 0.1) is 13.8 Å². The van der Waals surface area contributed by atoms with E-state index in [0.29, 0.717) is 11.6 Å². The molecule has 0 atom stereocenters. The predicted molar refractivity (Wildman–Crippen MR) is 101 cm³/mol. The number of hydrogen-bond acceptors (Lipinski definition) is 7. The van der Waals surface area contributed by atoms with E-state index in [2.05, 4.69) is 30.5 Å². The third kappa shape index (κ3) is 3.63. The molecule has 0 radical (unpaired) electrons. The highest BCUT2D eigenvalue weighted by Crippen LogP contribution is 2.26. The molecule has 0 unspecified atom stereocenters. The summed E-state index contributed by atoms with van der Waals surface area (Å²) in [7, 11) is 0. The normalized spacial score (nSPS) is 10.8. The third-order valence-corrected chi connectivity index (χ3v) is 4.15. The Hall–Kier alpha value is -3.88. The lowest BCUT2D eigenvalue weighted by Gasteiger charge is -2.05. The summed E-state index contributed by atoms with van der Waals surface area (Å²) >= 11 is 0. The number of rotatable bonds is 5. The van der Waals surface area contributed by atoms with E-state index in [-0.39, 0.29) is 12.5 Å². The molecule has 9 nitrogen and oxygen atoms in total. The number of aromatic nitrogens is 6. The average Bonchev–Trinajstić information content (AvgIpc) is 3.28. The molecule has 0 bridgehead atoms. The molecule has 1 amide bonds. The van der Waals surface area contributed by atoms with Gasteiger partial charge in [0.1, 0.15) is 18.1 Å². The minimum absolute atomic E-state index is 0.0664. The fourth-order valence-corrected chi connectivity index (χ4v) is 2.87. The van der Waals surface area contributed by atoms with E-state index in [9.17, 15) is 4.79 Å². The Kier molecular flexibility index (Phi) is 4.63. The monoisotopic (exact) mass is 375 g/mol. The van der Waals surface area contributed by atoms with Gasteiger partial charge in [0.05, 0.1) is 29.3 Å². The second-order valence-electron chi connectivity index (χ2n) is 6.20. The summed E-state index contributed by atoms with van der Waals surface area (Å²) in [6.07, 6.45) is 10.0. The van der Waals surface area contributed by atoms with Gasteiger partial charge >= 0.3 is 0 Å². The van der Waals surface area contributed by atoms with Gasteiger partial charge in [-0.1, -0.05) is 5.16 Å². The first-order valence-electron chi connectivity index (χ1n) is 8.58. The van der Waals surface area contributed by atoms with Crippen molar-refractivity contribution in [2.75, 3.05) is 5.32 Å². The van der Waals surface area contributed by atoms with E-state index >= 15 is 0 Å². The Bertz CT molecular complexity index is 1080. The number of anilines is 1. The Morgan fingerprint density at radius 2 is 2.00 bits per heavy atom. The maximum absolute atomic E-state index is 12.3. The lowest BCUT2D eigenvalue weighted by Crippen LogP contribution is -2.19. The number of carbonyl (C=O) groups excluding carboxylic acids is 1. The number of hydrogen-bond donors (Lipinski definition) is 1. The van der Waals surface area contributed by atoms with Gasteiger partial charge in [0.25, 0.3) is 0 Å². The fourth-order valence-electron chi connectivity index (χ4n) is 2.87. The molecule has 0 fully saturated rings. The molecule has 4 aromatic rings. The Balaban J connectivity index is 1.41. The van der Waals surface area contributed by atoms with Crippen LogP contribution in [0.25, 0.3) is 22.4 Å². The van der Waals surface area contributed by atoms with Crippen LogP contribution >= 0.6 is 0 Å². The summed E-state index contributed by atoms with van der Waals surface area (Å²) in [6.45, 7) is 3.78. The fraction of sp³-hybridized carbons (Fsp3) is 0.158. The zero-order valence-electron chi connectivity index (χ0n) is 15.3. The molecular weight excluding hydrogens is 358 g/mol. The van der Waals surface area contributed by atoms with Crippen molar-refractivity contribution in [2.45, 2.75) is 20.4 Å². The Morgan fingerprint density at radius 1 is 1.11 bits per heavy atom. The van der Waals surface area contributed by atoms with Crippen LogP contribution in [0.2, 0.25) is 0 Å². The SMILES string of the molecule is Cc1noc(C)c1-c1cnn(CC(=O)Nc2ccc(-c3cnccn3)cn2)c1. The molecule has 0 spiro atoms. The van der Waals surface area contributed by atoms with Gasteiger partial charge < -0.3 is 9.84 Å². The summed E-state index contributed by atoms with van der Waals surface area (Å²) < 4.78 is 6.74. The Labute approximate surface area is 160 Å². The quantitative estimate of drug-likeness (QED) is 0.571. The van der Waals surface area contributed by atoms with E-state index in [0.717, 1.165) is 28.1 Å². The second-order valence-corrected chi connectivity index (χ2v) is 6.20. The summed E-state index contributed by atoms with van der Waals surface area (Å²) in [6, 6.07) is 3.55. The van der Waals surface area contributed by atoms with Gasteiger partial charge in [-0.25, -0.2) is 4.98 Å². The largest absolute Gasteiger partial charge is 0.361 e. The van der Waals surface area contributed by atoms with Gasteiger partial charge in [-0.15, -0.1) is 0 Å². The topological polar surface area (TPSA) is 112 Å². The summed E-state index contributed by atoms with van der Waals surface area (Å²) in [5, 5.41) is 10.9. The van der Waals surface area contributed by atoms with Crippen molar-refractivity contribution in [3.8, 4) is 22.4 Å². The maximum Gasteiger partial charge on any atom is 0.247 e. The number of nitrogens with zero attached hydrogens (tertiary/aromatic N) is 6. The standard InChI is InChI=1S/C19H17N7O2/c1-12-19(13(2)28-25-12)15-8-23-26(10-15)11-18(27)24-17-4-3-14(7-22-17)16-9-20-5-6-21-16/h3-10H,11H2,1-2H3,(H,22,24,27). The molecule has 0 saturated heterocycles. The molecule has 1 N–H and O–H groups in total. The smallest absolute Gasteiger partial charge is 0.247 e. The first kappa shape index (κ1) is 17.5. The van der Waals surface area contributed by atoms with Crippen molar-refractivity contribution >= 4 is 11.7 Å². The molecule has 0 aliphatic rings. The molecule has 0 aromatic carbocycles. The molecule has 140 valence electrons. The van der Waals surface area contributed by atoms with Crippen molar-refractivity contribution in [1.82, 2.24) is 29.9 Å². The molecule has 0 aliphatic carbocycles. The number of pyridine rings is 1. The molecule has 4 aromatic heterocycles. The maximum atomic E-state index is 12.3. The van der Waals surface area contributed by atoms with Gasteiger partial charge in [-0.2, -0.15) is 5.10 Å². The number of nitrogens with one attached hydrogen (secondary N) is 1. The van der Waals surface area contributed by atoms with E-state index in [1.54, 1.807) is 47.9 Å². The van der Waals surface area contributed by atoms with Crippen molar-refractivity contribution in [1.29, 1.82) is 0 Å². The van der Waals surface area contributed by atoms with Crippen LogP contribution in [0.5, 0.6) is 0 Å². The van der Waals surface area contributed by atoms with Gasteiger partial charge in [0.15, 0.2) is 0 Å². The van der Waals surface area contributed by atoms with Crippen molar-refractivity contribution in [3.05, 3.63) is 60.8 Å². The molecule has 4 heterocycles. The van der Waals surface area contributed by atoms with E-state index < -0.39 is 0 Å². The van der Waals surface area contributed by atoms with Crippen molar-refractivity contribution in [3.63, 3.8) is 0 Å². The number of aryl methyl sites for hydroxylation is 2. The van der Waals surface area contributed by atoms with Gasteiger partial charge in [-0.3, -0.25) is 19.4 Å². The Morgan fingerprint density at radius 3 is 2.68 bits per heavy atom. The third-order valence-electron chi connectivity index (χ3n) is 4.15. The van der Waals surface area contributed by atoms with Crippen LogP contribution in [0.15, 0.2) is 53.8 Å².